The molecule has 2 aromatic heterocycles. The molecule has 0 radical (unpaired) electrons. The number of aromatic nitrogens is 3. The number of likely N-dealkylation sites (tertiary alicyclic amines) is 1. The lowest BCUT2D eigenvalue weighted by Crippen LogP contribution is -2.46. The first-order valence-corrected chi connectivity index (χ1v) is 11.9. The minimum Gasteiger partial charge on any atom is -0.489 e. The van der Waals surface area contributed by atoms with Crippen LogP contribution in [0.1, 0.15) is 49.3 Å². The summed E-state index contributed by atoms with van der Waals surface area (Å²) in [5.74, 6) is -0.0714. The summed E-state index contributed by atoms with van der Waals surface area (Å²) in [6.45, 7) is 1.52. The molecule has 0 bridgehead atoms. The minimum absolute atomic E-state index is 0.00427. The Hall–Kier alpha value is -3.53. The van der Waals surface area contributed by atoms with Gasteiger partial charge in [0.05, 0.1) is 6.20 Å². The van der Waals surface area contributed by atoms with E-state index in [0.29, 0.717) is 46.0 Å². The van der Waals surface area contributed by atoms with Gasteiger partial charge in [-0.05, 0) is 24.6 Å². The molecule has 2 atom stereocenters. The van der Waals surface area contributed by atoms with Crippen molar-refractivity contribution in [3.8, 4) is 16.9 Å². The average molecular weight is 518 g/mol. The van der Waals surface area contributed by atoms with Gasteiger partial charge < -0.3 is 15.0 Å². The molecule has 1 saturated heterocycles. The number of rotatable bonds is 7. The molecule has 190 valence electrons. The molecule has 1 aliphatic heterocycles. The lowest BCUT2D eigenvalue weighted by Gasteiger charge is -2.37. The van der Waals surface area contributed by atoms with E-state index in [9.17, 15) is 18.4 Å². The van der Waals surface area contributed by atoms with Gasteiger partial charge in [-0.15, -0.1) is 0 Å². The number of benzene rings is 1. The van der Waals surface area contributed by atoms with Crippen molar-refractivity contribution >= 4 is 23.4 Å². The Morgan fingerprint density at radius 3 is 2.64 bits per heavy atom. The number of nitrogens with one attached hydrogen (secondary N) is 1. The fourth-order valence-electron chi connectivity index (χ4n) is 4.22. The molecule has 1 aromatic carbocycles. The fourth-order valence-corrected chi connectivity index (χ4v) is 4.34. The molecular formula is C25H26ClF2N5O3. The van der Waals surface area contributed by atoms with Crippen LogP contribution in [0.5, 0.6) is 5.75 Å². The number of carbonyl (C=O) groups excluding carboxylic acids is 2. The minimum atomic E-state index is -2.79. The van der Waals surface area contributed by atoms with Gasteiger partial charge in [0.1, 0.15) is 17.5 Å². The highest BCUT2D eigenvalue weighted by Gasteiger charge is 2.29. The van der Waals surface area contributed by atoms with E-state index in [2.05, 4.69) is 15.4 Å². The molecule has 11 heteroatoms. The van der Waals surface area contributed by atoms with Crippen molar-refractivity contribution in [2.45, 2.75) is 51.9 Å². The molecule has 36 heavy (non-hydrogen) atoms. The molecule has 1 fully saturated rings. The molecule has 3 heterocycles. The van der Waals surface area contributed by atoms with Gasteiger partial charge in [0.25, 0.3) is 5.91 Å². The molecule has 2 unspecified atom stereocenters. The van der Waals surface area contributed by atoms with E-state index >= 15 is 0 Å². The van der Waals surface area contributed by atoms with Gasteiger partial charge in [-0.25, -0.2) is 4.68 Å². The van der Waals surface area contributed by atoms with Crippen LogP contribution in [0.3, 0.4) is 0 Å². The van der Waals surface area contributed by atoms with Gasteiger partial charge >= 0.3 is 6.55 Å². The maximum Gasteiger partial charge on any atom is 0.333 e. The number of hydrogen-bond donors (Lipinski definition) is 1. The molecule has 3 aromatic rings. The third-order valence-electron chi connectivity index (χ3n) is 6.10. The topological polar surface area (TPSA) is 89.3 Å². The molecule has 2 amide bonds. The second-order valence-electron chi connectivity index (χ2n) is 8.69. The highest BCUT2D eigenvalue weighted by molar-refractivity contribution is 6.30. The number of carbonyl (C=O) groups is 2. The number of amides is 2. The third kappa shape index (κ3) is 5.99. The van der Waals surface area contributed by atoms with Gasteiger partial charge in [0, 0.05) is 73.5 Å². The fraction of sp³-hybridized carbons (Fsp3) is 0.360. The van der Waals surface area contributed by atoms with Crippen molar-refractivity contribution in [3.05, 3.63) is 65.2 Å². The van der Waals surface area contributed by atoms with E-state index in [-0.39, 0.29) is 30.3 Å². The standard InChI is InChI=1S/C25H26ClF2N5O3/c1-15-9-20(7-8-32(15)16(2)34)36-23-10-22(24(35)30-11-17-3-5-19(26)6-4-17)29-13-21(23)18-12-31-33(14-18)25(27)28/h3-6,10,12-15,20,25H,7-9,11H2,1-2H3,(H,30,35). The Balaban J connectivity index is 1.57. The van der Waals surface area contributed by atoms with E-state index < -0.39 is 12.5 Å². The number of alkyl halides is 2. The number of halogens is 3. The summed E-state index contributed by atoms with van der Waals surface area (Å²) in [6, 6.07) is 8.58. The molecule has 0 spiro atoms. The SMILES string of the molecule is CC(=O)N1CCC(Oc2cc(C(=O)NCc3ccc(Cl)cc3)ncc2-c2cnn(C(F)F)c2)CC1C. The van der Waals surface area contributed by atoms with Gasteiger partial charge in [-0.2, -0.15) is 13.9 Å². The van der Waals surface area contributed by atoms with E-state index in [4.69, 9.17) is 16.3 Å². The molecule has 1 aliphatic rings. The van der Waals surface area contributed by atoms with Crippen LogP contribution in [-0.4, -0.2) is 50.2 Å². The molecule has 0 saturated carbocycles. The van der Waals surface area contributed by atoms with Crippen molar-refractivity contribution in [1.29, 1.82) is 0 Å². The Morgan fingerprint density at radius 1 is 1.25 bits per heavy atom. The Bertz CT molecular complexity index is 1230. The summed E-state index contributed by atoms with van der Waals surface area (Å²) in [6.07, 6.45) is 4.89. The lowest BCUT2D eigenvalue weighted by atomic mass is 10.00. The van der Waals surface area contributed by atoms with Crippen LogP contribution in [0.2, 0.25) is 5.02 Å². The van der Waals surface area contributed by atoms with Crippen LogP contribution in [-0.2, 0) is 11.3 Å². The van der Waals surface area contributed by atoms with Crippen LogP contribution >= 0.6 is 11.6 Å². The van der Waals surface area contributed by atoms with Crippen LogP contribution < -0.4 is 10.1 Å². The molecule has 1 N–H and O–H groups in total. The Morgan fingerprint density at radius 2 is 2.00 bits per heavy atom. The second-order valence-corrected chi connectivity index (χ2v) is 9.12. The number of piperidine rings is 1. The van der Waals surface area contributed by atoms with Crippen molar-refractivity contribution in [2.24, 2.45) is 0 Å². The maximum atomic E-state index is 13.1. The number of hydrogen-bond acceptors (Lipinski definition) is 5. The normalized spacial score (nSPS) is 17.8. The smallest absolute Gasteiger partial charge is 0.333 e. The van der Waals surface area contributed by atoms with Crippen molar-refractivity contribution in [2.75, 3.05) is 6.54 Å². The summed E-state index contributed by atoms with van der Waals surface area (Å²) in [5.41, 5.74) is 1.82. The first kappa shape index (κ1) is 25.6. The third-order valence-corrected chi connectivity index (χ3v) is 6.36. The number of nitrogens with zero attached hydrogens (tertiary/aromatic N) is 4. The van der Waals surface area contributed by atoms with Crippen molar-refractivity contribution in [3.63, 3.8) is 0 Å². The van der Waals surface area contributed by atoms with Crippen LogP contribution in [0.25, 0.3) is 11.1 Å². The van der Waals surface area contributed by atoms with E-state index in [0.717, 1.165) is 5.56 Å². The van der Waals surface area contributed by atoms with Crippen LogP contribution in [0.15, 0.2) is 48.9 Å². The molecule has 4 rings (SSSR count). The summed E-state index contributed by atoms with van der Waals surface area (Å²) >= 11 is 5.91. The summed E-state index contributed by atoms with van der Waals surface area (Å²) in [7, 11) is 0. The largest absolute Gasteiger partial charge is 0.489 e. The highest BCUT2D eigenvalue weighted by atomic mass is 35.5. The number of pyridine rings is 1. The summed E-state index contributed by atoms with van der Waals surface area (Å²) < 4.78 is 33.0. The van der Waals surface area contributed by atoms with E-state index in [1.54, 1.807) is 17.0 Å². The lowest BCUT2D eigenvalue weighted by molar-refractivity contribution is -0.133. The predicted molar refractivity (Wildman–Crippen MR) is 130 cm³/mol. The zero-order valence-electron chi connectivity index (χ0n) is 19.8. The Kier molecular flexibility index (Phi) is 7.83. The predicted octanol–water partition coefficient (Wildman–Crippen LogP) is 4.70. The average Bonchev–Trinajstić information content (AvgIpc) is 3.34. The second kappa shape index (κ2) is 11.0. The first-order chi connectivity index (χ1) is 17.2. The molecular weight excluding hydrogens is 492 g/mol. The molecule has 0 aliphatic carbocycles. The van der Waals surface area contributed by atoms with Gasteiger partial charge in [-0.1, -0.05) is 23.7 Å². The maximum absolute atomic E-state index is 13.1. The highest BCUT2D eigenvalue weighted by Crippen LogP contribution is 2.33. The van der Waals surface area contributed by atoms with Gasteiger partial charge in [0.2, 0.25) is 5.91 Å². The van der Waals surface area contributed by atoms with Crippen LogP contribution in [0, 0.1) is 0 Å². The zero-order chi connectivity index (χ0) is 25.8. The van der Waals surface area contributed by atoms with Crippen molar-refractivity contribution in [1.82, 2.24) is 25.0 Å². The zero-order valence-corrected chi connectivity index (χ0v) is 20.6. The monoisotopic (exact) mass is 517 g/mol. The van der Waals surface area contributed by atoms with Gasteiger partial charge in [0.15, 0.2) is 0 Å². The van der Waals surface area contributed by atoms with E-state index in [1.807, 2.05) is 19.1 Å². The van der Waals surface area contributed by atoms with Crippen molar-refractivity contribution < 1.29 is 23.1 Å². The molecule has 8 nitrogen and oxygen atoms in total. The first-order valence-electron chi connectivity index (χ1n) is 11.5. The summed E-state index contributed by atoms with van der Waals surface area (Å²) in [4.78, 5) is 30.7. The van der Waals surface area contributed by atoms with Crippen LogP contribution in [0.4, 0.5) is 8.78 Å². The Labute approximate surface area is 212 Å². The summed E-state index contributed by atoms with van der Waals surface area (Å²) in [5, 5.41) is 7.11. The van der Waals surface area contributed by atoms with Gasteiger partial charge in [-0.3, -0.25) is 14.6 Å². The van der Waals surface area contributed by atoms with E-state index in [1.165, 1.54) is 31.6 Å². The quantitative estimate of drug-likeness (QED) is 0.490. The number of ether oxygens (including phenoxy) is 1.